The van der Waals surface area contributed by atoms with Crippen LogP contribution in [0.25, 0.3) is 0 Å². The molecular formula is C10H3Br9. The minimum Gasteiger partial charge on any atom is -0.0552 e. The van der Waals surface area contributed by atoms with Crippen LogP contribution >= 0.6 is 143 Å². The van der Waals surface area contributed by atoms with Gasteiger partial charge in [0.15, 0.2) is 6.43 Å². The number of hydrogen-bond acceptors (Lipinski definition) is 0. The zero-order valence-corrected chi connectivity index (χ0v) is 22.9. The number of benzene rings is 1. The molecule has 0 atom stereocenters. The van der Waals surface area contributed by atoms with Gasteiger partial charge in [-0.25, -0.2) is 0 Å². The topological polar surface area (TPSA) is 0 Å². The molecule has 1 rings (SSSR count). The highest BCUT2D eigenvalue weighted by molar-refractivity contribution is 9.39. The van der Waals surface area contributed by atoms with Gasteiger partial charge in [-0.2, -0.15) is 0 Å². The van der Waals surface area contributed by atoms with E-state index in [1.165, 1.54) is 0 Å². The molecule has 0 bridgehead atoms. The lowest BCUT2D eigenvalue weighted by molar-refractivity contribution is 1.17. The van der Waals surface area contributed by atoms with Gasteiger partial charge in [-0.05, 0) is 23.6 Å². The van der Waals surface area contributed by atoms with Crippen LogP contribution in [0.2, 0.25) is 0 Å². The highest BCUT2D eigenvalue weighted by atomic mass is 80.0. The summed E-state index contributed by atoms with van der Waals surface area (Å²) < 4.78 is -1.82. The number of hydrogen-bond donors (Lipinski definition) is 0. The quantitative estimate of drug-likeness (QED) is 0.230. The van der Waals surface area contributed by atoms with Gasteiger partial charge < -0.3 is 0 Å². The van der Waals surface area contributed by atoms with Gasteiger partial charge >= 0.3 is 0 Å². The van der Waals surface area contributed by atoms with Crippen molar-refractivity contribution in [1.82, 2.24) is 0 Å². The van der Waals surface area contributed by atoms with E-state index in [-0.39, 0.29) is 0 Å². The van der Waals surface area contributed by atoms with Crippen LogP contribution in [0.15, 0.2) is 12.1 Å². The van der Waals surface area contributed by atoms with Gasteiger partial charge in [-0.15, -0.1) is 0 Å². The van der Waals surface area contributed by atoms with Crippen LogP contribution in [0, 0.1) is 6.92 Å². The summed E-state index contributed by atoms with van der Waals surface area (Å²) in [6, 6.07) is 3.88. The maximum atomic E-state index is 6.31. The van der Waals surface area contributed by atoms with E-state index in [0.29, 0.717) is 5.56 Å². The summed E-state index contributed by atoms with van der Waals surface area (Å²) in [6.07, 6.45) is 0. The predicted molar refractivity (Wildman–Crippen MR) is 115 cm³/mol. The molecule has 0 aromatic heterocycles. The van der Waals surface area contributed by atoms with E-state index in [1.54, 1.807) is 0 Å². The monoisotopic (exact) mass is 833 g/mol. The number of halogens is 9. The third-order valence-corrected chi connectivity index (χ3v) is 5.89. The second-order valence-corrected chi connectivity index (χ2v) is 23.7. The lowest BCUT2D eigenvalue weighted by atomic mass is 10.00. The third kappa shape index (κ3) is 5.54. The maximum absolute atomic E-state index is 6.31. The van der Waals surface area contributed by atoms with E-state index < -0.39 is 6.43 Å². The molecule has 19 heavy (non-hydrogen) atoms. The molecule has 0 amide bonds. The molecule has 2 radical (unpaired) electrons. The van der Waals surface area contributed by atoms with Crippen LogP contribution in [0.1, 0.15) is 22.3 Å². The first-order valence-corrected chi connectivity index (χ1v) is 11.5. The van der Waals surface area contributed by atoms with Crippen LogP contribution in [0.5, 0.6) is 0 Å². The summed E-state index contributed by atoms with van der Waals surface area (Å²) >= 11 is 31.6. The zero-order valence-electron chi connectivity index (χ0n) is 8.63. The van der Waals surface area contributed by atoms with Gasteiger partial charge in [0.1, 0.15) is 0 Å². The fourth-order valence-corrected chi connectivity index (χ4v) is 4.72. The minimum atomic E-state index is -0.652. The molecule has 0 heterocycles. The second-order valence-electron chi connectivity index (χ2n) is 3.44. The summed E-state index contributed by atoms with van der Waals surface area (Å²) in [6.45, 7) is 6.31. The van der Waals surface area contributed by atoms with E-state index in [9.17, 15) is 0 Å². The molecule has 0 N–H and O–H groups in total. The molecule has 106 valence electrons. The fraction of sp³-hybridized carbons (Fsp3) is 0.300. The largest absolute Gasteiger partial charge is 0.160 e. The maximum Gasteiger partial charge on any atom is 0.160 e. The molecule has 0 saturated carbocycles. The molecule has 0 spiro atoms. The van der Waals surface area contributed by atoms with Crippen molar-refractivity contribution in [3.05, 3.63) is 41.3 Å². The lowest BCUT2D eigenvalue weighted by Gasteiger charge is -2.28. The van der Waals surface area contributed by atoms with E-state index >= 15 is 0 Å². The van der Waals surface area contributed by atoms with Crippen molar-refractivity contribution in [3.63, 3.8) is 0 Å². The van der Waals surface area contributed by atoms with Gasteiger partial charge in [0, 0.05) is 5.56 Å². The Kier molecular flexibility index (Phi) is 7.79. The van der Waals surface area contributed by atoms with Crippen LogP contribution in [0.4, 0.5) is 0 Å². The SMILES string of the molecule is [CH]c1c(C(Br)(Br)Br)ccc(C(Br)(Br)Br)c1C(Br)(Br)Br. The third-order valence-electron chi connectivity index (χ3n) is 2.14. The molecular weight excluding hydrogens is 839 g/mol. The van der Waals surface area contributed by atoms with Crippen molar-refractivity contribution < 1.29 is 0 Å². The van der Waals surface area contributed by atoms with Crippen LogP contribution in [-0.4, -0.2) is 0 Å². The van der Waals surface area contributed by atoms with Gasteiger partial charge in [0.2, 0.25) is 0 Å². The molecule has 1 aromatic rings. The molecule has 0 aliphatic heterocycles. The standard InChI is InChI=1S/C10H3Br9/c1-4-5(8(11,12)13)2-3-6(9(14,15)16)7(4)10(17,18)19/h1-3H. The predicted octanol–water partition coefficient (Wildman–Crippen LogP) is 8.63. The fourth-order valence-electron chi connectivity index (χ4n) is 1.41. The first-order valence-electron chi connectivity index (χ1n) is 4.40. The highest BCUT2D eigenvalue weighted by Gasteiger charge is 2.37. The van der Waals surface area contributed by atoms with E-state index in [0.717, 1.165) is 16.7 Å². The van der Waals surface area contributed by atoms with Gasteiger partial charge in [-0.1, -0.05) is 156 Å². The summed E-state index contributed by atoms with van der Waals surface area (Å²) in [4.78, 5) is 0. The molecule has 0 aliphatic carbocycles. The van der Waals surface area contributed by atoms with Crippen molar-refractivity contribution in [2.45, 2.75) is 6.43 Å². The first-order chi connectivity index (χ1) is 8.26. The smallest absolute Gasteiger partial charge is 0.0552 e. The summed E-state index contributed by atoms with van der Waals surface area (Å²) in [5, 5.41) is 0. The van der Waals surface area contributed by atoms with E-state index in [4.69, 9.17) is 6.92 Å². The Morgan fingerprint density at radius 2 is 1.00 bits per heavy atom. The Labute approximate surface area is 188 Å². The number of rotatable bonds is 0. The van der Waals surface area contributed by atoms with E-state index in [1.807, 2.05) is 12.1 Å². The zero-order chi connectivity index (χ0) is 15.2. The average molecular weight is 842 g/mol. The van der Waals surface area contributed by atoms with Crippen molar-refractivity contribution in [3.8, 4) is 0 Å². The van der Waals surface area contributed by atoms with Gasteiger partial charge in [-0.3, -0.25) is 0 Å². The Bertz CT molecular complexity index is 475. The highest BCUT2D eigenvalue weighted by Crippen LogP contribution is 2.57. The van der Waals surface area contributed by atoms with Crippen LogP contribution in [-0.2, 0) is 6.43 Å². The Morgan fingerprint density at radius 1 is 0.632 bits per heavy atom. The van der Waals surface area contributed by atoms with Crippen LogP contribution in [0.3, 0.4) is 0 Å². The lowest BCUT2D eigenvalue weighted by Crippen LogP contribution is -2.15. The molecule has 0 saturated heterocycles. The Morgan fingerprint density at radius 3 is 1.32 bits per heavy atom. The van der Waals surface area contributed by atoms with Gasteiger partial charge in [0.25, 0.3) is 0 Å². The first kappa shape index (κ1) is 20.6. The Balaban J connectivity index is 3.71. The van der Waals surface area contributed by atoms with Crippen LogP contribution < -0.4 is 0 Å². The van der Waals surface area contributed by atoms with Crippen molar-refractivity contribution in [2.24, 2.45) is 0 Å². The summed E-state index contributed by atoms with van der Waals surface area (Å²) in [5.41, 5.74) is 3.21. The second kappa shape index (κ2) is 7.19. The molecule has 9 heteroatoms. The van der Waals surface area contributed by atoms with E-state index in [2.05, 4.69) is 143 Å². The Hall–Kier alpha value is 3.54. The van der Waals surface area contributed by atoms with Crippen molar-refractivity contribution in [2.75, 3.05) is 0 Å². The van der Waals surface area contributed by atoms with Gasteiger partial charge in [0.05, 0.1) is 0 Å². The normalized spacial score (nSPS) is 13.8. The molecule has 1 aromatic carbocycles. The average Bonchev–Trinajstić information content (AvgIpc) is 2.11. The minimum absolute atomic E-state index is 0.580. The molecule has 0 fully saturated rings. The van der Waals surface area contributed by atoms with Crippen molar-refractivity contribution >= 4 is 143 Å². The number of alkyl halides is 9. The summed E-state index contributed by atoms with van der Waals surface area (Å²) in [5.74, 6) is 0. The summed E-state index contributed by atoms with van der Waals surface area (Å²) in [7, 11) is 0. The molecule has 0 nitrogen and oxygen atoms in total. The molecule has 0 aliphatic rings. The van der Waals surface area contributed by atoms with Crippen molar-refractivity contribution in [1.29, 1.82) is 0 Å². The molecule has 0 unspecified atom stereocenters.